The van der Waals surface area contributed by atoms with Gasteiger partial charge < -0.3 is 15.0 Å². The maximum Gasteiger partial charge on any atom is 0.325 e. The minimum atomic E-state index is -0.883. The highest BCUT2D eigenvalue weighted by molar-refractivity contribution is 6.23. The van der Waals surface area contributed by atoms with Crippen LogP contribution in [0.25, 0.3) is 0 Å². The van der Waals surface area contributed by atoms with Crippen molar-refractivity contribution in [1.29, 1.82) is 0 Å². The molecule has 0 bridgehead atoms. The van der Waals surface area contributed by atoms with Gasteiger partial charge in [0.1, 0.15) is 17.5 Å². The molecule has 24 heavy (non-hydrogen) atoms. The fraction of sp³-hybridized carbons (Fsp3) is 0.200. The van der Waals surface area contributed by atoms with Crippen LogP contribution in [0.5, 0.6) is 5.75 Å². The molecule has 1 atom stereocenters. The maximum atomic E-state index is 12.5. The summed E-state index contributed by atoms with van der Waals surface area (Å²) >= 11 is 0. The Bertz CT molecular complexity index is 899. The molecule has 9 heteroatoms. The molecule has 2 aromatic rings. The summed E-state index contributed by atoms with van der Waals surface area (Å²) in [6.07, 6.45) is 1.07. The van der Waals surface area contributed by atoms with Crippen LogP contribution in [-0.4, -0.2) is 34.9 Å². The summed E-state index contributed by atoms with van der Waals surface area (Å²) in [7, 11) is 1.52. The smallest absolute Gasteiger partial charge is 0.325 e. The average Bonchev–Trinajstić information content (AvgIpc) is 2.84. The van der Waals surface area contributed by atoms with E-state index in [9.17, 15) is 19.2 Å². The Morgan fingerprint density at radius 3 is 2.50 bits per heavy atom. The fourth-order valence-electron chi connectivity index (χ4n) is 2.45. The molecule has 1 aromatic heterocycles. The number of H-pyrrole nitrogens is 2. The van der Waals surface area contributed by atoms with Crippen molar-refractivity contribution in [3.63, 3.8) is 0 Å². The molecule has 1 aliphatic rings. The number of anilines is 2. The number of amides is 2. The summed E-state index contributed by atoms with van der Waals surface area (Å²) in [5.74, 6) is -0.258. The number of imide groups is 1. The Labute approximate surface area is 135 Å². The van der Waals surface area contributed by atoms with E-state index in [0.29, 0.717) is 11.4 Å². The molecule has 1 aliphatic heterocycles. The van der Waals surface area contributed by atoms with Gasteiger partial charge in [-0.2, -0.15) is 0 Å². The van der Waals surface area contributed by atoms with Gasteiger partial charge >= 0.3 is 5.69 Å². The van der Waals surface area contributed by atoms with Gasteiger partial charge in [-0.15, -0.1) is 0 Å². The van der Waals surface area contributed by atoms with Gasteiger partial charge in [-0.3, -0.25) is 19.4 Å². The topological polar surface area (TPSA) is 124 Å². The van der Waals surface area contributed by atoms with Gasteiger partial charge in [-0.25, -0.2) is 9.69 Å². The zero-order valence-electron chi connectivity index (χ0n) is 12.7. The molecule has 0 radical (unpaired) electrons. The number of carbonyl (C=O) groups is 2. The average molecular weight is 330 g/mol. The first-order valence-corrected chi connectivity index (χ1v) is 7.09. The summed E-state index contributed by atoms with van der Waals surface area (Å²) in [6.45, 7) is 0. The van der Waals surface area contributed by atoms with Crippen LogP contribution in [0, 0.1) is 0 Å². The predicted octanol–water partition coefficient (Wildman–Crippen LogP) is -0.184. The van der Waals surface area contributed by atoms with Crippen LogP contribution in [0.2, 0.25) is 0 Å². The first-order chi connectivity index (χ1) is 11.5. The zero-order chi connectivity index (χ0) is 17.3. The summed E-state index contributed by atoms with van der Waals surface area (Å²) in [6, 6.07) is 5.60. The van der Waals surface area contributed by atoms with Crippen LogP contribution >= 0.6 is 0 Å². The molecule has 1 aromatic carbocycles. The Balaban J connectivity index is 1.83. The van der Waals surface area contributed by atoms with Gasteiger partial charge in [-0.05, 0) is 24.3 Å². The van der Waals surface area contributed by atoms with E-state index < -0.39 is 23.2 Å². The van der Waals surface area contributed by atoms with E-state index in [1.54, 1.807) is 24.3 Å². The van der Waals surface area contributed by atoms with Crippen LogP contribution < -0.4 is 26.2 Å². The molecule has 1 saturated heterocycles. The number of ether oxygens (including phenoxy) is 1. The van der Waals surface area contributed by atoms with Crippen LogP contribution in [-0.2, 0) is 9.59 Å². The molecule has 0 aliphatic carbocycles. The lowest BCUT2D eigenvalue weighted by Crippen LogP contribution is -2.36. The Hall–Kier alpha value is -3.36. The summed E-state index contributed by atoms with van der Waals surface area (Å²) in [4.78, 5) is 52.7. The predicted molar refractivity (Wildman–Crippen MR) is 85.2 cm³/mol. The molecule has 2 amide bonds. The van der Waals surface area contributed by atoms with Crippen LogP contribution in [0.1, 0.15) is 6.42 Å². The zero-order valence-corrected chi connectivity index (χ0v) is 12.7. The third-order valence-corrected chi connectivity index (χ3v) is 3.63. The largest absolute Gasteiger partial charge is 0.497 e. The number of rotatable bonds is 4. The number of aromatic amines is 2. The van der Waals surface area contributed by atoms with Crippen LogP contribution in [0.15, 0.2) is 40.1 Å². The second-order valence-corrected chi connectivity index (χ2v) is 5.15. The number of methoxy groups -OCH3 is 1. The van der Waals surface area contributed by atoms with Crippen molar-refractivity contribution in [1.82, 2.24) is 9.97 Å². The highest BCUT2D eigenvalue weighted by Crippen LogP contribution is 2.26. The number of nitrogens with zero attached hydrogens (tertiary/aromatic N) is 1. The van der Waals surface area contributed by atoms with Gasteiger partial charge in [0.15, 0.2) is 0 Å². The molecule has 1 fully saturated rings. The molecule has 9 nitrogen and oxygen atoms in total. The maximum absolute atomic E-state index is 12.5. The van der Waals surface area contributed by atoms with E-state index in [1.165, 1.54) is 7.11 Å². The molecule has 3 rings (SSSR count). The number of hydrogen-bond donors (Lipinski definition) is 3. The molecule has 0 unspecified atom stereocenters. The highest BCUT2D eigenvalue weighted by Gasteiger charge is 2.39. The lowest BCUT2D eigenvalue weighted by atomic mass is 10.2. The van der Waals surface area contributed by atoms with Crippen molar-refractivity contribution in [2.45, 2.75) is 12.5 Å². The van der Waals surface area contributed by atoms with Gasteiger partial charge in [-0.1, -0.05) is 0 Å². The van der Waals surface area contributed by atoms with Crippen molar-refractivity contribution in [3.8, 4) is 5.75 Å². The monoisotopic (exact) mass is 330 g/mol. The van der Waals surface area contributed by atoms with Gasteiger partial charge in [0.2, 0.25) is 5.91 Å². The summed E-state index contributed by atoms with van der Waals surface area (Å²) in [5.41, 5.74) is -0.885. The second-order valence-electron chi connectivity index (χ2n) is 5.15. The highest BCUT2D eigenvalue weighted by atomic mass is 16.5. The number of aromatic nitrogens is 2. The number of carbonyl (C=O) groups excluding carboxylic acids is 2. The number of benzene rings is 1. The van der Waals surface area contributed by atoms with Gasteiger partial charge in [0.25, 0.3) is 11.5 Å². The van der Waals surface area contributed by atoms with Crippen molar-refractivity contribution >= 4 is 23.2 Å². The molecule has 0 spiro atoms. The number of nitrogens with one attached hydrogen (secondary N) is 3. The quantitative estimate of drug-likeness (QED) is 0.668. The molecular formula is C15H14N4O5. The van der Waals surface area contributed by atoms with E-state index in [2.05, 4.69) is 10.3 Å². The van der Waals surface area contributed by atoms with E-state index in [4.69, 9.17) is 4.74 Å². The Kier molecular flexibility index (Phi) is 3.90. The van der Waals surface area contributed by atoms with Crippen LogP contribution in [0.4, 0.5) is 11.4 Å². The SMILES string of the molecule is COc1ccc(N2C(=O)C[C@H](Nc3c[nH]c(=O)[nH]c3=O)C2=O)cc1. The minimum Gasteiger partial charge on any atom is -0.497 e. The Morgan fingerprint density at radius 2 is 1.88 bits per heavy atom. The van der Waals surface area contributed by atoms with Gasteiger partial charge in [0, 0.05) is 6.20 Å². The van der Waals surface area contributed by atoms with E-state index in [0.717, 1.165) is 11.1 Å². The van der Waals surface area contributed by atoms with E-state index in [-0.39, 0.29) is 18.0 Å². The molecule has 2 heterocycles. The first-order valence-electron chi connectivity index (χ1n) is 7.09. The molecule has 0 saturated carbocycles. The minimum absolute atomic E-state index is 0.0114. The van der Waals surface area contributed by atoms with Crippen molar-refractivity contribution in [2.24, 2.45) is 0 Å². The second kappa shape index (κ2) is 6.03. The Morgan fingerprint density at radius 1 is 1.17 bits per heavy atom. The van der Waals surface area contributed by atoms with Crippen molar-refractivity contribution in [3.05, 3.63) is 51.3 Å². The lowest BCUT2D eigenvalue weighted by Gasteiger charge is -2.16. The first kappa shape index (κ1) is 15.5. The third kappa shape index (κ3) is 2.78. The molecule has 124 valence electrons. The van der Waals surface area contributed by atoms with Crippen molar-refractivity contribution in [2.75, 3.05) is 17.3 Å². The number of hydrogen-bond acceptors (Lipinski definition) is 6. The standard InChI is InChI=1S/C15H14N4O5/c1-24-9-4-2-8(3-5-9)19-12(20)6-10(14(19)22)17-11-7-16-15(23)18-13(11)21/h2-5,7,10,17H,6H2,1H3,(H2,16,18,21,23)/t10-/m0/s1. The molecular weight excluding hydrogens is 316 g/mol. The summed E-state index contributed by atoms with van der Waals surface area (Å²) in [5, 5.41) is 2.69. The van der Waals surface area contributed by atoms with Crippen molar-refractivity contribution < 1.29 is 14.3 Å². The summed E-state index contributed by atoms with van der Waals surface area (Å²) < 4.78 is 5.04. The van der Waals surface area contributed by atoms with E-state index in [1.807, 2.05) is 4.98 Å². The molecule has 3 N–H and O–H groups in total. The normalized spacial score (nSPS) is 17.2. The van der Waals surface area contributed by atoms with E-state index >= 15 is 0 Å². The lowest BCUT2D eigenvalue weighted by molar-refractivity contribution is -0.121. The fourth-order valence-corrected chi connectivity index (χ4v) is 2.45. The van der Waals surface area contributed by atoms with Gasteiger partial charge in [0.05, 0.1) is 19.2 Å². The third-order valence-electron chi connectivity index (χ3n) is 3.63. The van der Waals surface area contributed by atoms with Crippen LogP contribution in [0.3, 0.4) is 0 Å².